The number of nitro benzene ring substituents is 3. The van der Waals surface area contributed by atoms with E-state index in [1.807, 2.05) is 6.07 Å². The molecule has 6 aromatic carbocycles. The first-order valence-electron chi connectivity index (χ1n) is 17.3. The molecule has 0 unspecified atom stereocenters. The number of benzene rings is 6. The van der Waals surface area contributed by atoms with E-state index in [4.69, 9.17) is 0 Å². The van der Waals surface area contributed by atoms with E-state index in [1.54, 1.807) is 66.7 Å². The van der Waals surface area contributed by atoms with Gasteiger partial charge in [-0.3, -0.25) is 30.3 Å². The Morgan fingerprint density at radius 2 is 0.810 bits per heavy atom. The molecule has 0 aliphatic heterocycles. The molecule has 324 valence electrons. The molecule has 0 aliphatic carbocycles. The van der Waals surface area contributed by atoms with Crippen LogP contribution in [0, 0.1) is 30.3 Å². The van der Waals surface area contributed by atoms with Crippen molar-refractivity contribution >= 4 is 117 Å². The quantitative estimate of drug-likeness (QED) is 0.0371. The van der Waals surface area contributed by atoms with Crippen molar-refractivity contribution in [3.8, 4) is 17.2 Å². The normalized spacial score (nSPS) is 9.95. The molecule has 6 rings (SSSR count). The number of para-hydroxylation sites is 1. The van der Waals surface area contributed by atoms with Crippen LogP contribution >= 0.6 is 47.8 Å². The molecular weight excluding hydrogens is 1030 g/mol. The number of hydrogen-bond acceptors (Lipinski definition) is 12. The highest BCUT2D eigenvalue weighted by atomic mass is 79.9. The van der Waals surface area contributed by atoms with E-state index >= 15 is 0 Å². The third-order valence-corrected chi connectivity index (χ3v) is 9.34. The van der Waals surface area contributed by atoms with Crippen LogP contribution in [0.3, 0.4) is 0 Å². The molecule has 0 aromatic heterocycles. The number of nitro groups is 3. The monoisotopic (exact) mass is 1050 g/mol. The highest BCUT2D eigenvalue weighted by Gasteiger charge is 2.15. The van der Waals surface area contributed by atoms with Gasteiger partial charge in [0.25, 0.3) is 17.1 Å². The van der Waals surface area contributed by atoms with Crippen molar-refractivity contribution in [2.24, 2.45) is 0 Å². The Morgan fingerprint density at radius 3 is 1.21 bits per heavy atom. The molecule has 0 aliphatic rings. The lowest BCUT2D eigenvalue weighted by atomic mass is 10.2. The van der Waals surface area contributed by atoms with Crippen LogP contribution in [0.5, 0.6) is 17.2 Å². The Kier molecular flexibility index (Phi) is 17.2. The summed E-state index contributed by atoms with van der Waals surface area (Å²) in [5, 5.41) is 75.5. The largest absolute Gasteiger partial charge is 0.506 e. The van der Waals surface area contributed by atoms with Crippen LogP contribution in [0.1, 0.15) is 0 Å². The Bertz CT molecular complexity index is 2670. The predicted octanol–water partition coefficient (Wildman–Crippen LogP) is 11.1. The number of carbonyl (C=O) groups excluding carboxylic acids is 3. The van der Waals surface area contributed by atoms with E-state index in [0.717, 1.165) is 27.1 Å². The number of halogens is 3. The maximum Gasteiger partial charge on any atom is 0.323 e. The molecule has 9 N–H and O–H groups in total. The van der Waals surface area contributed by atoms with Gasteiger partial charge in [0.1, 0.15) is 17.2 Å². The van der Waals surface area contributed by atoms with E-state index < -0.39 is 32.9 Å². The Hall–Kier alpha value is -7.83. The first-order chi connectivity index (χ1) is 29.9. The van der Waals surface area contributed by atoms with Crippen LogP contribution in [0.4, 0.5) is 65.6 Å². The Morgan fingerprint density at radius 1 is 0.413 bits per heavy atom. The second kappa shape index (κ2) is 22.7. The number of rotatable bonds is 9. The lowest BCUT2D eigenvalue weighted by Crippen LogP contribution is -2.19. The molecule has 6 amide bonds. The molecule has 0 spiro atoms. The average molecular weight is 1060 g/mol. The molecule has 0 heterocycles. The average Bonchev–Trinajstić information content (AvgIpc) is 3.22. The Labute approximate surface area is 380 Å². The molecular formula is C39H30Br3N9O12. The number of carbonyl (C=O) groups is 3. The zero-order chi connectivity index (χ0) is 46.2. The van der Waals surface area contributed by atoms with E-state index in [9.17, 15) is 60.0 Å². The van der Waals surface area contributed by atoms with Gasteiger partial charge in [-0.1, -0.05) is 50.1 Å². The van der Waals surface area contributed by atoms with Crippen LogP contribution in [-0.2, 0) is 0 Å². The zero-order valence-corrected chi connectivity index (χ0v) is 36.4. The summed E-state index contributed by atoms with van der Waals surface area (Å²) in [5.74, 6) is -1.14. The van der Waals surface area contributed by atoms with Crippen LogP contribution in [0.2, 0.25) is 0 Å². The minimum atomic E-state index is -0.634. The highest BCUT2D eigenvalue weighted by Crippen LogP contribution is 2.31. The number of amides is 6. The first kappa shape index (κ1) is 47.8. The third-order valence-electron chi connectivity index (χ3n) is 7.63. The fraction of sp³-hybridized carbons (Fsp3) is 0. The van der Waals surface area contributed by atoms with Crippen molar-refractivity contribution in [2.45, 2.75) is 0 Å². The van der Waals surface area contributed by atoms with Crippen molar-refractivity contribution in [1.82, 2.24) is 0 Å². The SMILES string of the molecule is O=C(Nc1ccc(Br)cc1)Nc1ccc([N+](=O)[O-])cc1O.O=C(Nc1ccc([N+](=O)[O-])cc1O)Nc1ccccc1Br.O=C(Nc1cccc(Br)c1)Nc1ccc([N+](=O)[O-])cc1O. The van der Waals surface area contributed by atoms with Gasteiger partial charge in [-0.25, -0.2) is 14.4 Å². The molecule has 0 radical (unpaired) electrons. The fourth-order valence-corrected chi connectivity index (χ4v) is 5.77. The number of anilines is 6. The number of non-ortho nitro benzene ring substituents is 3. The van der Waals surface area contributed by atoms with Crippen molar-refractivity contribution in [2.75, 3.05) is 31.9 Å². The first-order valence-corrected chi connectivity index (χ1v) is 19.7. The second-order valence-corrected chi connectivity index (χ2v) is 14.8. The number of hydrogen-bond donors (Lipinski definition) is 9. The van der Waals surface area contributed by atoms with Gasteiger partial charge in [-0.15, -0.1) is 0 Å². The Balaban J connectivity index is 0.000000207. The molecule has 0 saturated heterocycles. The van der Waals surface area contributed by atoms with Gasteiger partial charge in [-0.05, 0) is 88.7 Å². The lowest BCUT2D eigenvalue weighted by molar-refractivity contribution is -0.385. The molecule has 0 bridgehead atoms. The number of phenols is 3. The van der Waals surface area contributed by atoms with E-state index in [0.29, 0.717) is 21.5 Å². The van der Waals surface area contributed by atoms with Crippen LogP contribution < -0.4 is 31.9 Å². The predicted molar refractivity (Wildman–Crippen MR) is 245 cm³/mol. The van der Waals surface area contributed by atoms with E-state index in [1.165, 1.54) is 36.4 Å². The summed E-state index contributed by atoms with van der Waals surface area (Å²) in [4.78, 5) is 65.1. The zero-order valence-electron chi connectivity index (χ0n) is 31.6. The molecule has 21 nitrogen and oxygen atoms in total. The summed E-state index contributed by atoms with van der Waals surface area (Å²) in [7, 11) is 0. The smallest absolute Gasteiger partial charge is 0.323 e. The minimum absolute atomic E-state index is 0.0742. The number of phenolic OH excluding ortho intramolecular Hbond substituents is 3. The minimum Gasteiger partial charge on any atom is -0.506 e. The standard InChI is InChI=1S/3C13H10BrN3O4/c14-8-1-3-9(4-2-8)15-13(19)16-11-6-5-10(17(20)21)7-12(11)18;14-8-2-1-3-9(6-8)15-13(19)16-11-5-4-10(17(20)21)7-12(11)18;14-9-3-1-2-4-10(9)15-13(19)16-11-6-5-8(17(20)21)7-12(11)18/h3*1-7,18H,(H2,15,16,19). The molecule has 63 heavy (non-hydrogen) atoms. The van der Waals surface area contributed by atoms with Crippen molar-refractivity contribution in [3.63, 3.8) is 0 Å². The summed E-state index contributed by atoms with van der Waals surface area (Å²) in [6, 6.07) is 29.4. The number of urea groups is 3. The third kappa shape index (κ3) is 15.3. The fourth-order valence-electron chi connectivity index (χ4n) is 4.73. The highest BCUT2D eigenvalue weighted by molar-refractivity contribution is 9.11. The van der Waals surface area contributed by atoms with E-state index in [2.05, 4.69) is 79.7 Å². The van der Waals surface area contributed by atoms with Gasteiger partial charge in [-0.2, -0.15) is 0 Å². The molecule has 0 fully saturated rings. The second-order valence-electron chi connectivity index (χ2n) is 12.1. The molecule has 0 saturated carbocycles. The van der Waals surface area contributed by atoms with Crippen LogP contribution in [0.25, 0.3) is 0 Å². The molecule has 0 atom stereocenters. The van der Waals surface area contributed by atoms with Gasteiger partial charge in [0.2, 0.25) is 0 Å². The van der Waals surface area contributed by atoms with Gasteiger partial charge >= 0.3 is 18.1 Å². The maximum atomic E-state index is 11.8. The summed E-state index contributed by atoms with van der Waals surface area (Å²) in [6.45, 7) is 0. The van der Waals surface area contributed by atoms with Crippen molar-refractivity contribution < 1.29 is 44.5 Å². The van der Waals surface area contributed by atoms with Gasteiger partial charge in [0.05, 0.1) is 55.7 Å². The van der Waals surface area contributed by atoms with Gasteiger partial charge in [0, 0.05) is 43.0 Å². The van der Waals surface area contributed by atoms with Crippen molar-refractivity contribution in [3.05, 3.63) is 171 Å². The molecule has 6 aromatic rings. The number of nitrogens with one attached hydrogen (secondary N) is 6. The summed E-state index contributed by atoms with van der Waals surface area (Å²) in [5.41, 5.74) is 1.13. The van der Waals surface area contributed by atoms with Crippen molar-refractivity contribution in [1.29, 1.82) is 0 Å². The summed E-state index contributed by atoms with van der Waals surface area (Å²) < 4.78 is 2.38. The summed E-state index contributed by atoms with van der Waals surface area (Å²) >= 11 is 9.84. The topological polar surface area (TPSA) is 314 Å². The van der Waals surface area contributed by atoms with Crippen LogP contribution in [0.15, 0.2) is 141 Å². The number of aromatic hydroxyl groups is 3. The molecule has 24 heteroatoms. The summed E-state index contributed by atoms with van der Waals surface area (Å²) in [6.07, 6.45) is 0. The number of nitrogens with zero attached hydrogens (tertiary/aromatic N) is 3. The lowest BCUT2D eigenvalue weighted by Gasteiger charge is -2.10. The van der Waals surface area contributed by atoms with Crippen LogP contribution in [-0.4, -0.2) is 48.2 Å². The van der Waals surface area contributed by atoms with Gasteiger partial charge < -0.3 is 47.2 Å². The maximum absolute atomic E-state index is 11.8. The van der Waals surface area contributed by atoms with E-state index in [-0.39, 0.29) is 51.4 Å². The van der Waals surface area contributed by atoms with Gasteiger partial charge in [0.15, 0.2) is 0 Å².